The predicted octanol–water partition coefficient (Wildman–Crippen LogP) is 5.27. The fourth-order valence-corrected chi connectivity index (χ4v) is 2.82. The molecule has 0 atom stereocenters. The highest BCUT2D eigenvalue weighted by Gasteiger charge is 2.32. The first-order valence-corrected chi connectivity index (χ1v) is 9.20. The molecule has 29 heavy (non-hydrogen) atoms. The average Bonchev–Trinajstić information content (AvgIpc) is 2.72. The number of carbonyl (C=O) groups is 1. The van der Waals surface area contributed by atoms with Crippen molar-refractivity contribution in [3.63, 3.8) is 0 Å². The van der Waals surface area contributed by atoms with Crippen LogP contribution in [0.15, 0.2) is 61.1 Å². The number of nitrogens with zero attached hydrogens (tertiary/aromatic N) is 1. The van der Waals surface area contributed by atoms with Gasteiger partial charge in [0.05, 0.1) is 25.6 Å². The third-order valence-electron chi connectivity index (χ3n) is 4.19. The molecule has 1 aliphatic heterocycles. The summed E-state index contributed by atoms with van der Waals surface area (Å²) in [6, 6.07) is 14.8. The van der Waals surface area contributed by atoms with E-state index >= 15 is 0 Å². The zero-order valence-electron chi connectivity index (χ0n) is 17.3. The minimum absolute atomic E-state index is 0.495. The van der Waals surface area contributed by atoms with E-state index in [2.05, 4.69) is 0 Å². The fraction of sp³-hybridized carbons (Fsp3) is 0.261. The number of hydrogen-bond acceptors (Lipinski definition) is 5. The monoisotopic (exact) mass is 395 g/mol. The van der Waals surface area contributed by atoms with E-state index in [1.54, 1.807) is 14.2 Å². The maximum atomic E-state index is 13.1. The molecule has 6 heteroatoms. The molecule has 0 bridgehead atoms. The second-order valence-corrected chi connectivity index (χ2v) is 7.42. The van der Waals surface area contributed by atoms with Crippen LogP contribution in [-0.2, 0) is 9.47 Å². The quantitative estimate of drug-likeness (QED) is 0.706. The van der Waals surface area contributed by atoms with Gasteiger partial charge in [-0.05, 0) is 69.3 Å². The summed E-state index contributed by atoms with van der Waals surface area (Å²) in [5.74, 6) is 1.45. The van der Waals surface area contributed by atoms with Crippen LogP contribution in [0, 0.1) is 0 Å². The number of amides is 1. The number of benzene rings is 2. The Morgan fingerprint density at radius 1 is 0.793 bits per heavy atom. The van der Waals surface area contributed by atoms with Gasteiger partial charge in [0.1, 0.15) is 29.6 Å². The lowest BCUT2D eigenvalue weighted by molar-refractivity contribution is 0.0418. The van der Waals surface area contributed by atoms with Crippen LogP contribution in [0.2, 0.25) is 0 Å². The van der Waals surface area contributed by atoms with Crippen LogP contribution in [0.1, 0.15) is 31.9 Å². The number of ether oxygens (including phenoxy) is 4. The largest absolute Gasteiger partial charge is 0.497 e. The predicted molar refractivity (Wildman–Crippen MR) is 111 cm³/mol. The molecule has 2 aromatic carbocycles. The lowest BCUT2D eigenvalue weighted by Gasteiger charge is -2.32. The van der Waals surface area contributed by atoms with Crippen LogP contribution >= 0.6 is 0 Å². The molecular formula is C23H25NO5. The molecule has 0 aliphatic carbocycles. The Bertz CT molecular complexity index is 858. The number of methoxy groups -OCH3 is 2. The zero-order chi connectivity index (χ0) is 21.0. The third kappa shape index (κ3) is 4.71. The van der Waals surface area contributed by atoms with Crippen LogP contribution in [-0.4, -0.2) is 30.8 Å². The van der Waals surface area contributed by atoms with Gasteiger partial charge in [-0.15, -0.1) is 0 Å². The highest BCUT2D eigenvalue weighted by molar-refractivity contribution is 5.94. The second-order valence-electron chi connectivity index (χ2n) is 7.42. The molecule has 3 rings (SSSR count). The Labute approximate surface area is 170 Å². The summed E-state index contributed by atoms with van der Waals surface area (Å²) in [5.41, 5.74) is 2.06. The summed E-state index contributed by atoms with van der Waals surface area (Å²) < 4.78 is 21.7. The van der Waals surface area contributed by atoms with Crippen molar-refractivity contribution in [1.29, 1.82) is 0 Å². The van der Waals surface area contributed by atoms with E-state index < -0.39 is 11.7 Å². The standard InChI is InChI=1S/C23H25NO5/c1-23(2,3)29-22(25)24-20(16-6-10-18(26-4)11-7-16)14-28-15-21(24)17-8-12-19(27-5)13-9-17/h6-15H,1-5H3. The van der Waals surface area contributed by atoms with Crippen LogP contribution in [0.4, 0.5) is 4.79 Å². The molecule has 0 saturated carbocycles. The fourth-order valence-electron chi connectivity index (χ4n) is 2.82. The summed E-state index contributed by atoms with van der Waals surface area (Å²) in [7, 11) is 3.21. The van der Waals surface area contributed by atoms with Crippen molar-refractivity contribution in [3.05, 3.63) is 72.2 Å². The molecule has 6 nitrogen and oxygen atoms in total. The Balaban J connectivity index is 2.02. The van der Waals surface area contributed by atoms with E-state index in [0.29, 0.717) is 11.4 Å². The van der Waals surface area contributed by atoms with E-state index in [-0.39, 0.29) is 0 Å². The van der Waals surface area contributed by atoms with Crippen molar-refractivity contribution >= 4 is 17.5 Å². The molecule has 0 radical (unpaired) electrons. The maximum Gasteiger partial charge on any atom is 0.419 e. The van der Waals surface area contributed by atoms with Crippen molar-refractivity contribution < 1.29 is 23.7 Å². The molecule has 152 valence electrons. The summed E-state index contributed by atoms with van der Waals surface area (Å²) in [6.45, 7) is 5.50. The summed E-state index contributed by atoms with van der Waals surface area (Å²) in [5, 5.41) is 0. The van der Waals surface area contributed by atoms with Gasteiger partial charge in [0.2, 0.25) is 0 Å². The highest BCUT2D eigenvalue weighted by atomic mass is 16.6. The summed E-state index contributed by atoms with van der Waals surface area (Å²) in [4.78, 5) is 14.7. The molecule has 2 aromatic rings. The molecule has 0 fully saturated rings. The number of rotatable bonds is 4. The van der Waals surface area contributed by atoms with E-state index in [9.17, 15) is 4.79 Å². The SMILES string of the molecule is COc1ccc(C2=COC=C(c3ccc(OC)cc3)N2C(=O)OC(C)(C)C)cc1. The van der Waals surface area contributed by atoms with Gasteiger partial charge in [0, 0.05) is 11.1 Å². The first kappa shape index (κ1) is 20.3. The molecule has 1 aliphatic rings. The van der Waals surface area contributed by atoms with Gasteiger partial charge < -0.3 is 18.9 Å². The van der Waals surface area contributed by atoms with Crippen molar-refractivity contribution in [2.75, 3.05) is 14.2 Å². The van der Waals surface area contributed by atoms with Crippen molar-refractivity contribution in [1.82, 2.24) is 4.90 Å². The van der Waals surface area contributed by atoms with Crippen molar-refractivity contribution in [2.45, 2.75) is 26.4 Å². The van der Waals surface area contributed by atoms with Gasteiger partial charge in [0.25, 0.3) is 0 Å². The first-order chi connectivity index (χ1) is 13.8. The van der Waals surface area contributed by atoms with E-state index in [0.717, 1.165) is 22.6 Å². The Kier molecular flexibility index (Phi) is 5.82. The molecule has 0 saturated heterocycles. The molecule has 1 amide bonds. The lowest BCUT2D eigenvalue weighted by atomic mass is 10.1. The van der Waals surface area contributed by atoms with Crippen LogP contribution < -0.4 is 9.47 Å². The Morgan fingerprint density at radius 3 is 1.55 bits per heavy atom. The van der Waals surface area contributed by atoms with Gasteiger partial charge in [0.15, 0.2) is 0 Å². The van der Waals surface area contributed by atoms with Gasteiger partial charge in [-0.3, -0.25) is 0 Å². The van der Waals surface area contributed by atoms with E-state index in [4.69, 9.17) is 18.9 Å². The lowest BCUT2D eigenvalue weighted by Crippen LogP contribution is -2.35. The summed E-state index contributed by atoms with van der Waals surface area (Å²) >= 11 is 0. The molecule has 0 spiro atoms. The van der Waals surface area contributed by atoms with E-state index in [1.807, 2.05) is 69.3 Å². The van der Waals surface area contributed by atoms with E-state index in [1.165, 1.54) is 17.4 Å². The van der Waals surface area contributed by atoms with Gasteiger partial charge in [-0.1, -0.05) is 0 Å². The topological polar surface area (TPSA) is 57.2 Å². The van der Waals surface area contributed by atoms with Gasteiger partial charge in [-0.25, -0.2) is 9.69 Å². The van der Waals surface area contributed by atoms with Crippen LogP contribution in [0.3, 0.4) is 0 Å². The normalized spacial score (nSPS) is 13.8. The molecule has 0 unspecified atom stereocenters. The Morgan fingerprint density at radius 2 is 1.21 bits per heavy atom. The minimum atomic E-state index is -0.647. The number of carbonyl (C=O) groups excluding carboxylic acids is 1. The second kappa shape index (κ2) is 8.31. The summed E-state index contributed by atoms with van der Waals surface area (Å²) in [6.07, 6.45) is 2.56. The van der Waals surface area contributed by atoms with Crippen LogP contribution in [0.25, 0.3) is 11.4 Å². The maximum absolute atomic E-state index is 13.1. The zero-order valence-corrected chi connectivity index (χ0v) is 17.3. The van der Waals surface area contributed by atoms with Crippen LogP contribution in [0.5, 0.6) is 11.5 Å². The Hall–Kier alpha value is -3.41. The minimum Gasteiger partial charge on any atom is -0.497 e. The smallest absolute Gasteiger partial charge is 0.419 e. The molecule has 1 heterocycles. The molecule has 0 aromatic heterocycles. The average molecular weight is 395 g/mol. The molecular weight excluding hydrogens is 370 g/mol. The third-order valence-corrected chi connectivity index (χ3v) is 4.19. The van der Waals surface area contributed by atoms with Crippen molar-refractivity contribution in [3.8, 4) is 11.5 Å². The number of hydrogen-bond donors (Lipinski definition) is 0. The van der Waals surface area contributed by atoms with Crippen molar-refractivity contribution in [2.24, 2.45) is 0 Å². The van der Waals surface area contributed by atoms with Gasteiger partial charge >= 0.3 is 6.09 Å². The first-order valence-electron chi connectivity index (χ1n) is 9.20. The highest BCUT2D eigenvalue weighted by Crippen LogP contribution is 2.35. The van der Waals surface area contributed by atoms with Gasteiger partial charge in [-0.2, -0.15) is 0 Å². The molecule has 0 N–H and O–H groups in total.